The van der Waals surface area contributed by atoms with Crippen LogP contribution in [0.15, 0.2) is 12.4 Å². The Bertz CT molecular complexity index is 322. The van der Waals surface area contributed by atoms with Gasteiger partial charge in [-0.2, -0.15) is 5.10 Å². The first kappa shape index (κ1) is 11.9. The van der Waals surface area contributed by atoms with Crippen LogP contribution in [-0.2, 0) is 22.5 Å². The molecular formula is C10H17N3O2. The summed E-state index contributed by atoms with van der Waals surface area (Å²) in [6.07, 6.45) is 3.88. The minimum atomic E-state index is -0.542. The number of methoxy groups -OCH3 is 1. The monoisotopic (exact) mass is 211 g/mol. The number of hydrogen-bond donors (Lipinski definition) is 1. The highest BCUT2D eigenvalue weighted by Gasteiger charge is 2.14. The van der Waals surface area contributed by atoms with Gasteiger partial charge in [-0.3, -0.25) is 9.48 Å². The predicted molar refractivity (Wildman–Crippen MR) is 56.5 cm³/mol. The van der Waals surface area contributed by atoms with Crippen molar-refractivity contribution in [3.8, 4) is 0 Å². The van der Waals surface area contributed by atoms with Gasteiger partial charge in [-0.25, -0.2) is 0 Å². The Morgan fingerprint density at radius 1 is 1.73 bits per heavy atom. The van der Waals surface area contributed by atoms with Crippen LogP contribution in [0.4, 0.5) is 0 Å². The van der Waals surface area contributed by atoms with Gasteiger partial charge in [0.05, 0.1) is 18.8 Å². The number of nitrogens with zero attached hydrogens (tertiary/aromatic N) is 2. The summed E-state index contributed by atoms with van der Waals surface area (Å²) >= 11 is 0. The lowest BCUT2D eigenvalue weighted by Gasteiger charge is -2.07. The molecule has 2 N–H and O–H groups in total. The standard InChI is InChI=1S/C10H17N3O2/c1-3-13-6-8(5-12-13)4-10(14)9(11)7-15-2/h5-6,9H,3-4,7,11H2,1-2H3. The van der Waals surface area contributed by atoms with Gasteiger partial charge < -0.3 is 10.5 Å². The Labute approximate surface area is 89.2 Å². The highest BCUT2D eigenvalue weighted by molar-refractivity contribution is 5.85. The smallest absolute Gasteiger partial charge is 0.156 e. The Hall–Kier alpha value is -1.20. The van der Waals surface area contributed by atoms with E-state index in [1.54, 1.807) is 10.9 Å². The molecule has 0 aromatic carbocycles. The molecule has 15 heavy (non-hydrogen) atoms. The number of hydrogen-bond acceptors (Lipinski definition) is 4. The fraction of sp³-hybridized carbons (Fsp3) is 0.600. The summed E-state index contributed by atoms with van der Waals surface area (Å²) in [7, 11) is 1.53. The summed E-state index contributed by atoms with van der Waals surface area (Å²) in [6, 6.07) is -0.542. The van der Waals surface area contributed by atoms with Crippen LogP contribution < -0.4 is 5.73 Å². The van der Waals surface area contributed by atoms with E-state index in [0.717, 1.165) is 12.1 Å². The molecule has 0 saturated heterocycles. The van der Waals surface area contributed by atoms with Gasteiger partial charge in [-0.05, 0) is 12.5 Å². The van der Waals surface area contributed by atoms with Crippen molar-refractivity contribution >= 4 is 5.78 Å². The van der Waals surface area contributed by atoms with Crippen LogP contribution in [0.1, 0.15) is 12.5 Å². The van der Waals surface area contributed by atoms with Crippen molar-refractivity contribution in [1.29, 1.82) is 0 Å². The maximum Gasteiger partial charge on any atom is 0.156 e. The lowest BCUT2D eigenvalue weighted by Crippen LogP contribution is -2.35. The lowest BCUT2D eigenvalue weighted by molar-refractivity contribution is -0.120. The van der Waals surface area contributed by atoms with Crippen LogP contribution in [0.25, 0.3) is 0 Å². The third kappa shape index (κ3) is 3.45. The quantitative estimate of drug-likeness (QED) is 0.718. The minimum Gasteiger partial charge on any atom is -0.383 e. The molecule has 1 heterocycles. The molecule has 5 heteroatoms. The maximum atomic E-state index is 11.6. The lowest BCUT2D eigenvalue weighted by atomic mass is 10.1. The van der Waals surface area contributed by atoms with Gasteiger partial charge in [0.1, 0.15) is 0 Å². The second-order valence-corrected chi connectivity index (χ2v) is 3.41. The van der Waals surface area contributed by atoms with Gasteiger partial charge >= 0.3 is 0 Å². The Morgan fingerprint density at radius 2 is 2.47 bits per heavy atom. The van der Waals surface area contributed by atoms with Gasteiger partial charge in [0.15, 0.2) is 5.78 Å². The molecule has 0 amide bonds. The molecule has 0 radical (unpaired) electrons. The van der Waals surface area contributed by atoms with E-state index >= 15 is 0 Å². The Balaban J connectivity index is 2.50. The Kier molecular flexibility index (Phi) is 4.45. The van der Waals surface area contributed by atoms with Crippen LogP contribution in [0, 0.1) is 0 Å². The van der Waals surface area contributed by atoms with Crippen molar-refractivity contribution in [3.05, 3.63) is 18.0 Å². The first-order chi connectivity index (χ1) is 7.17. The van der Waals surface area contributed by atoms with E-state index in [2.05, 4.69) is 5.10 Å². The molecule has 0 aliphatic carbocycles. The minimum absolute atomic E-state index is 0.0208. The van der Waals surface area contributed by atoms with Crippen molar-refractivity contribution in [1.82, 2.24) is 9.78 Å². The zero-order chi connectivity index (χ0) is 11.3. The van der Waals surface area contributed by atoms with Crippen molar-refractivity contribution in [3.63, 3.8) is 0 Å². The number of ketones is 1. The maximum absolute atomic E-state index is 11.6. The number of rotatable bonds is 6. The van der Waals surface area contributed by atoms with Crippen molar-refractivity contribution in [2.24, 2.45) is 5.73 Å². The topological polar surface area (TPSA) is 70.1 Å². The summed E-state index contributed by atoms with van der Waals surface area (Å²) in [5, 5.41) is 4.09. The van der Waals surface area contributed by atoms with Crippen LogP contribution >= 0.6 is 0 Å². The zero-order valence-corrected chi connectivity index (χ0v) is 9.14. The summed E-state index contributed by atoms with van der Waals surface area (Å²) in [4.78, 5) is 11.6. The molecular weight excluding hydrogens is 194 g/mol. The first-order valence-corrected chi connectivity index (χ1v) is 4.96. The predicted octanol–water partition coefficient (Wildman–Crippen LogP) is -0.0117. The molecule has 1 aromatic rings. The summed E-state index contributed by atoms with van der Waals surface area (Å²) < 4.78 is 6.60. The highest BCUT2D eigenvalue weighted by atomic mass is 16.5. The SMILES string of the molecule is CCn1cc(CC(=O)C(N)COC)cn1. The van der Waals surface area contributed by atoms with E-state index in [4.69, 9.17) is 10.5 Å². The van der Waals surface area contributed by atoms with Crippen LogP contribution in [0.2, 0.25) is 0 Å². The molecule has 0 aliphatic heterocycles. The highest BCUT2D eigenvalue weighted by Crippen LogP contribution is 2.01. The number of carbonyl (C=O) groups excluding carboxylic acids is 1. The molecule has 0 aliphatic rings. The van der Waals surface area contributed by atoms with Gasteiger partial charge in [0, 0.05) is 26.3 Å². The molecule has 5 nitrogen and oxygen atoms in total. The number of carbonyl (C=O) groups is 1. The van der Waals surface area contributed by atoms with Gasteiger partial charge in [-0.1, -0.05) is 0 Å². The van der Waals surface area contributed by atoms with Gasteiger partial charge in [-0.15, -0.1) is 0 Å². The number of aryl methyl sites for hydroxylation is 1. The van der Waals surface area contributed by atoms with E-state index in [0.29, 0.717) is 6.42 Å². The molecule has 1 aromatic heterocycles. The van der Waals surface area contributed by atoms with E-state index < -0.39 is 6.04 Å². The van der Waals surface area contributed by atoms with E-state index in [1.807, 2.05) is 13.1 Å². The third-order valence-electron chi connectivity index (χ3n) is 2.15. The fourth-order valence-electron chi connectivity index (χ4n) is 1.28. The van der Waals surface area contributed by atoms with E-state index in [-0.39, 0.29) is 12.4 Å². The first-order valence-electron chi connectivity index (χ1n) is 4.96. The van der Waals surface area contributed by atoms with Gasteiger partial charge in [0.2, 0.25) is 0 Å². The second kappa shape index (κ2) is 5.63. The molecule has 0 fully saturated rings. The van der Waals surface area contributed by atoms with Crippen molar-refractivity contribution in [2.75, 3.05) is 13.7 Å². The van der Waals surface area contributed by atoms with Crippen molar-refractivity contribution < 1.29 is 9.53 Å². The average molecular weight is 211 g/mol. The number of ether oxygens (including phenoxy) is 1. The second-order valence-electron chi connectivity index (χ2n) is 3.41. The molecule has 1 rings (SSSR count). The summed E-state index contributed by atoms with van der Waals surface area (Å²) in [5.41, 5.74) is 6.51. The largest absolute Gasteiger partial charge is 0.383 e. The molecule has 0 spiro atoms. The van der Waals surface area contributed by atoms with E-state index in [1.165, 1.54) is 7.11 Å². The van der Waals surface area contributed by atoms with Crippen LogP contribution in [0.5, 0.6) is 0 Å². The molecule has 1 atom stereocenters. The van der Waals surface area contributed by atoms with Gasteiger partial charge in [0.25, 0.3) is 0 Å². The zero-order valence-electron chi connectivity index (χ0n) is 9.14. The van der Waals surface area contributed by atoms with Crippen LogP contribution in [-0.4, -0.2) is 35.3 Å². The number of nitrogens with two attached hydrogens (primary N) is 1. The normalized spacial score (nSPS) is 12.7. The average Bonchev–Trinajstić information content (AvgIpc) is 2.66. The molecule has 84 valence electrons. The van der Waals surface area contributed by atoms with Crippen molar-refractivity contribution in [2.45, 2.75) is 25.9 Å². The summed E-state index contributed by atoms with van der Waals surface area (Å²) in [5.74, 6) is -0.0208. The molecule has 1 unspecified atom stereocenters. The molecule has 0 saturated carbocycles. The third-order valence-corrected chi connectivity index (χ3v) is 2.15. The summed E-state index contributed by atoms with van der Waals surface area (Å²) in [6.45, 7) is 3.06. The number of aromatic nitrogens is 2. The van der Waals surface area contributed by atoms with E-state index in [9.17, 15) is 4.79 Å². The fourth-order valence-corrected chi connectivity index (χ4v) is 1.28. The number of Topliss-reactive ketones (excluding diaryl/α,β-unsaturated/α-hetero) is 1. The van der Waals surface area contributed by atoms with Crippen LogP contribution in [0.3, 0.4) is 0 Å². The Morgan fingerprint density at radius 3 is 3.00 bits per heavy atom. The molecule has 0 bridgehead atoms.